The van der Waals surface area contributed by atoms with E-state index in [0.29, 0.717) is 23.2 Å². The number of benzene rings is 2. The number of nitrogens with zero attached hydrogens (tertiary/aromatic N) is 1. The lowest BCUT2D eigenvalue weighted by atomic mass is 10.1. The molecule has 0 atom stereocenters. The molecule has 2 aromatic carbocycles. The first-order chi connectivity index (χ1) is 13.1. The SMILES string of the molecule is COc1ccc(-c2cc(CNC(=O)c3ccccc3SC(F)F)no2)cc1. The maximum atomic E-state index is 12.6. The summed E-state index contributed by atoms with van der Waals surface area (Å²) in [4.78, 5) is 12.6. The molecule has 0 spiro atoms. The van der Waals surface area contributed by atoms with Crippen LogP contribution in [0.2, 0.25) is 0 Å². The second-order valence-corrected chi connectivity index (χ2v) is 6.50. The van der Waals surface area contributed by atoms with Gasteiger partial charge >= 0.3 is 0 Å². The Labute approximate surface area is 158 Å². The van der Waals surface area contributed by atoms with Crippen molar-refractivity contribution in [2.24, 2.45) is 0 Å². The Hall–Kier alpha value is -2.87. The van der Waals surface area contributed by atoms with Gasteiger partial charge in [0.25, 0.3) is 11.7 Å². The van der Waals surface area contributed by atoms with E-state index in [1.807, 2.05) is 12.1 Å². The number of methoxy groups -OCH3 is 1. The Morgan fingerprint density at radius 2 is 1.96 bits per heavy atom. The molecule has 1 amide bonds. The number of hydrogen-bond acceptors (Lipinski definition) is 5. The molecular weight excluding hydrogens is 374 g/mol. The van der Waals surface area contributed by atoms with Gasteiger partial charge in [-0.3, -0.25) is 4.79 Å². The summed E-state index contributed by atoms with van der Waals surface area (Å²) in [6, 6.07) is 15.2. The third kappa shape index (κ3) is 4.85. The van der Waals surface area contributed by atoms with Crippen molar-refractivity contribution in [3.8, 4) is 17.1 Å². The first-order valence-electron chi connectivity index (χ1n) is 7.99. The quantitative estimate of drug-likeness (QED) is 0.598. The largest absolute Gasteiger partial charge is 0.497 e. The molecule has 0 saturated heterocycles. The number of thioether (sulfide) groups is 1. The van der Waals surface area contributed by atoms with Gasteiger partial charge in [-0.2, -0.15) is 8.78 Å². The summed E-state index contributed by atoms with van der Waals surface area (Å²) in [7, 11) is 1.59. The van der Waals surface area contributed by atoms with Gasteiger partial charge in [0.15, 0.2) is 5.76 Å². The molecule has 0 unspecified atom stereocenters. The van der Waals surface area contributed by atoms with Crippen molar-refractivity contribution < 1.29 is 22.8 Å². The van der Waals surface area contributed by atoms with Crippen LogP contribution in [0, 0.1) is 0 Å². The van der Waals surface area contributed by atoms with E-state index < -0.39 is 11.7 Å². The van der Waals surface area contributed by atoms with Gasteiger partial charge in [0, 0.05) is 16.5 Å². The van der Waals surface area contributed by atoms with E-state index in [1.54, 1.807) is 37.4 Å². The Morgan fingerprint density at radius 1 is 1.22 bits per heavy atom. The average Bonchev–Trinajstić information content (AvgIpc) is 3.15. The maximum absolute atomic E-state index is 12.6. The van der Waals surface area contributed by atoms with Crippen molar-refractivity contribution in [1.29, 1.82) is 0 Å². The zero-order valence-electron chi connectivity index (χ0n) is 14.3. The van der Waals surface area contributed by atoms with Gasteiger partial charge < -0.3 is 14.6 Å². The van der Waals surface area contributed by atoms with Crippen LogP contribution < -0.4 is 10.1 Å². The van der Waals surface area contributed by atoms with E-state index in [9.17, 15) is 13.6 Å². The van der Waals surface area contributed by atoms with Crippen LogP contribution in [0.1, 0.15) is 16.1 Å². The van der Waals surface area contributed by atoms with Crippen LogP contribution in [-0.4, -0.2) is 23.9 Å². The lowest BCUT2D eigenvalue weighted by Crippen LogP contribution is -2.23. The van der Waals surface area contributed by atoms with E-state index in [2.05, 4.69) is 10.5 Å². The van der Waals surface area contributed by atoms with E-state index in [-0.39, 0.29) is 17.0 Å². The lowest BCUT2D eigenvalue weighted by Gasteiger charge is -2.08. The zero-order chi connectivity index (χ0) is 19.2. The second-order valence-electron chi connectivity index (χ2n) is 5.47. The Morgan fingerprint density at radius 3 is 2.67 bits per heavy atom. The molecular formula is C19H16F2N2O3S. The molecule has 0 aliphatic heterocycles. The third-order valence-corrected chi connectivity index (χ3v) is 4.50. The monoisotopic (exact) mass is 390 g/mol. The van der Waals surface area contributed by atoms with Crippen LogP contribution in [0.5, 0.6) is 5.75 Å². The summed E-state index contributed by atoms with van der Waals surface area (Å²) >= 11 is 0.341. The van der Waals surface area contributed by atoms with Crippen LogP contribution in [-0.2, 0) is 6.54 Å². The number of aromatic nitrogens is 1. The summed E-state index contributed by atoms with van der Waals surface area (Å²) in [5.41, 5.74) is 1.54. The predicted molar refractivity (Wildman–Crippen MR) is 98.0 cm³/mol. The van der Waals surface area contributed by atoms with Crippen molar-refractivity contribution in [1.82, 2.24) is 10.5 Å². The summed E-state index contributed by atoms with van der Waals surface area (Å²) in [5, 5.41) is 6.60. The van der Waals surface area contributed by atoms with Crippen molar-refractivity contribution in [3.05, 3.63) is 65.9 Å². The molecule has 0 bridgehead atoms. The van der Waals surface area contributed by atoms with E-state index in [4.69, 9.17) is 9.26 Å². The Balaban J connectivity index is 1.65. The highest BCUT2D eigenvalue weighted by atomic mass is 32.2. The van der Waals surface area contributed by atoms with E-state index in [1.165, 1.54) is 12.1 Å². The number of carbonyl (C=O) groups excluding carboxylic acids is 1. The first kappa shape index (κ1) is 18.9. The second kappa shape index (κ2) is 8.68. The molecule has 1 N–H and O–H groups in total. The molecule has 0 saturated carbocycles. The molecule has 1 heterocycles. The highest BCUT2D eigenvalue weighted by molar-refractivity contribution is 7.99. The third-order valence-electron chi connectivity index (χ3n) is 3.71. The molecule has 5 nitrogen and oxygen atoms in total. The van der Waals surface area contributed by atoms with Gasteiger partial charge in [0.05, 0.1) is 19.2 Å². The molecule has 0 aliphatic carbocycles. The maximum Gasteiger partial charge on any atom is 0.288 e. The van der Waals surface area contributed by atoms with Crippen LogP contribution in [0.15, 0.2) is 64.0 Å². The van der Waals surface area contributed by atoms with Crippen LogP contribution >= 0.6 is 11.8 Å². The topological polar surface area (TPSA) is 64.4 Å². The van der Waals surface area contributed by atoms with Gasteiger partial charge in [-0.05, 0) is 36.4 Å². The predicted octanol–water partition coefficient (Wildman–Crippen LogP) is 4.59. The molecule has 0 aliphatic rings. The van der Waals surface area contributed by atoms with Crippen molar-refractivity contribution >= 4 is 17.7 Å². The lowest BCUT2D eigenvalue weighted by molar-refractivity contribution is 0.0947. The van der Waals surface area contributed by atoms with Gasteiger partial charge in [-0.15, -0.1) is 0 Å². The first-order valence-corrected chi connectivity index (χ1v) is 8.87. The van der Waals surface area contributed by atoms with E-state index >= 15 is 0 Å². The fraction of sp³-hybridized carbons (Fsp3) is 0.158. The minimum absolute atomic E-state index is 0.117. The fourth-order valence-corrected chi connectivity index (χ4v) is 3.04. The van der Waals surface area contributed by atoms with Gasteiger partial charge in [-0.1, -0.05) is 29.1 Å². The minimum atomic E-state index is -2.60. The summed E-state index contributed by atoms with van der Waals surface area (Å²) in [6.07, 6.45) is 0. The number of ether oxygens (including phenoxy) is 1. The number of amides is 1. The average molecular weight is 390 g/mol. The summed E-state index contributed by atoms with van der Waals surface area (Å²) < 4.78 is 35.7. The minimum Gasteiger partial charge on any atom is -0.497 e. The number of hydrogen-bond donors (Lipinski definition) is 1. The number of halogens is 2. The summed E-state index contributed by atoms with van der Waals surface area (Å²) in [6.45, 7) is 0.117. The van der Waals surface area contributed by atoms with Crippen molar-refractivity contribution in [2.45, 2.75) is 17.2 Å². The molecule has 0 radical (unpaired) electrons. The summed E-state index contributed by atoms with van der Waals surface area (Å²) in [5.74, 6) is -1.77. The molecule has 140 valence electrons. The number of carbonyl (C=O) groups is 1. The standard InChI is InChI=1S/C19H16F2N2O3S/c1-25-14-8-6-12(7-9-14)16-10-13(23-26-16)11-22-18(24)15-4-2-3-5-17(15)27-19(20)21/h2-10,19H,11H2,1H3,(H,22,24). The zero-order valence-corrected chi connectivity index (χ0v) is 15.1. The normalized spacial score (nSPS) is 10.8. The van der Waals surface area contributed by atoms with Crippen molar-refractivity contribution in [2.75, 3.05) is 7.11 Å². The molecule has 27 heavy (non-hydrogen) atoms. The van der Waals surface area contributed by atoms with Crippen LogP contribution in [0.3, 0.4) is 0 Å². The van der Waals surface area contributed by atoms with E-state index in [0.717, 1.165) is 11.3 Å². The highest BCUT2D eigenvalue weighted by Gasteiger charge is 2.15. The van der Waals surface area contributed by atoms with Gasteiger partial charge in [-0.25, -0.2) is 0 Å². The number of rotatable bonds is 7. The van der Waals surface area contributed by atoms with Gasteiger partial charge in [0.1, 0.15) is 11.4 Å². The Bertz CT molecular complexity index is 913. The molecule has 0 fully saturated rings. The van der Waals surface area contributed by atoms with Crippen LogP contribution in [0.4, 0.5) is 8.78 Å². The molecule has 3 aromatic rings. The number of nitrogens with one attached hydrogen (secondary N) is 1. The number of alkyl halides is 2. The fourth-order valence-electron chi connectivity index (χ4n) is 2.41. The van der Waals surface area contributed by atoms with Crippen LogP contribution in [0.25, 0.3) is 11.3 Å². The van der Waals surface area contributed by atoms with Crippen molar-refractivity contribution in [3.63, 3.8) is 0 Å². The molecule has 1 aromatic heterocycles. The molecule has 3 rings (SSSR count). The molecule has 8 heteroatoms. The van der Waals surface area contributed by atoms with Gasteiger partial charge in [0.2, 0.25) is 0 Å². The Kier molecular flexibility index (Phi) is 6.08. The highest BCUT2D eigenvalue weighted by Crippen LogP contribution is 2.28. The smallest absolute Gasteiger partial charge is 0.288 e.